The predicted octanol–water partition coefficient (Wildman–Crippen LogP) is 3.02. The highest BCUT2D eigenvalue weighted by Gasteiger charge is 2.11. The van der Waals surface area contributed by atoms with Gasteiger partial charge in [-0.15, -0.1) is 0 Å². The van der Waals surface area contributed by atoms with Crippen molar-refractivity contribution in [2.75, 3.05) is 11.9 Å². The van der Waals surface area contributed by atoms with E-state index in [0.29, 0.717) is 12.6 Å². The van der Waals surface area contributed by atoms with Crippen LogP contribution in [0.2, 0.25) is 0 Å². The minimum atomic E-state index is 0.573. The molecule has 0 aliphatic rings. The zero-order chi connectivity index (χ0) is 12.1. The lowest BCUT2D eigenvalue weighted by atomic mass is 10.0. The Balaban J connectivity index is 2.67. The molecule has 0 saturated heterocycles. The van der Waals surface area contributed by atoms with Gasteiger partial charge in [-0.1, -0.05) is 26.0 Å². The van der Waals surface area contributed by atoms with Gasteiger partial charge >= 0.3 is 0 Å². The van der Waals surface area contributed by atoms with Crippen molar-refractivity contribution in [1.82, 2.24) is 0 Å². The van der Waals surface area contributed by atoms with Gasteiger partial charge in [0.1, 0.15) is 0 Å². The number of anilines is 1. The normalized spacial score (nSPS) is 12.9. The van der Waals surface area contributed by atoms with Crippen molar-refractivity contribution in [3.05, 3.63) is 29.8 Å². The topological polar surface area (TPSA) is 29.3 Å². The summed E-state index contributed by atoms with van der Waals surface area (Å²) in [5.41, 5.74) is 8.05. The van der Waals surface area contributed by atoms with Gasteiger partial charge in [0, 0.05) is 25.3 Å². The highest BCUT2D eigenvalue weighted by atomic mass is 15.1. The Morgan fingerprint density at radius 3 is 2.12 bits per heavy atom. The second-order valence-corrected chi connectivity index (χ2v) is 4.96. The molecule has 2 heteroatoms. The lowest BCUT2D eigenvalue weighted by Crippen LogP contribution is -2.29. The van der Waals surface area contributed by atoms with Crippen molar-refractivity contribution in [2.45, 2.75) is 39.8 Å². The first-order valence-corrected chi connectivity index (χ1v) is 6.06. The van der Waals surface area contributed by atoms with Crippen LogP contribution in [0.15, 0.2) is 24.3 Å². The summed E-state index contributed by atoms with van der Waals surface area (Å²) >= 11 is 0. The first kappa shape index (κ1) is 13.0. The van der Waals surface area contributed by atoms with Gasteiger partial charge in [0.05, 0.1) is 0 Å². The van der Waals surface area contributed by atoms with Gasteiger partial charge in [-0.3, -0.25) is 0 Å². The quantitative estimate of drug-likeness (QED) is 0.826. The van der Waals surface area contributed by atoms with E-state index in [-0.39, 0.29) is 0 Å². The lowest BCUT2D eigenvalue weighted by molar-refractivity contribution is 0.504. The smallest absolute Gasteiger partial charge is 0.0366 e. The maximum absolute atomic E-state index is 5.59. The minimum absolute atomic E-state index is 0.573. The minimum Gasteiger partial charge on any atom is -0.372 e. The van der Waals surface area contributed by atoms with Crippen LogP contribution < -0.4 is 10.6 Å². The molecule has 1 rings (SSSR count). The first-order chi connectivity index (χ1) is 7.54. The van der Waals surface area contributed by atoms with Crippen molar-refractivity contribution < 1.29 is 0 Å². The van der Waals surface area contributed by atoms with Crippen molar-refractivity contribution in [2.24, 2.45) is 11.7 Å². The Morgan fingerprint density at radius 1 is 1.12 bits per heavy atom. The molecule has 0 bridgehead atoms. The number of hydrogen-bond acceptors (Lipinski definition) is 2. The molecule has 0 fully saturated rings. The standard InChI is InChI=1S/C14H24N2/c1-11(2)9-12(3)16(4)14-7-5-13(10-15)6-8-14/h5-8,11-12H,9-10,15H2,1-4H3. The fourth-order valence-electron chi connectivity index (χ4n) is 1.96. The molecule has 2 nitrogen and oxygen atoms in total. The molecule has 0 aromatic heterocycles. The fraction of sp³-hybridized carbons (Fsp3) is 0.571. The number of benzene rings is 1. The van der Waals surface area contributed by atoms with Crippen LogP contribution in [0.1, 0.15) is 32.8 Å². The van der Waals surface area contributed by atoms with Gasteiger partial charge in [-0.05, 0) is 37.0 Å². The van der Waals surface area contributed by atoms with E-state index < -0.39 is 0 Å². The second kappa shape index (κ2) is 5.90. The van der Waals surface area contributed by atoms with E-state index in [4.69, 9.17) is 5.73 Å². The van der Waals surface area contributed by atoms with E-state index in [1.165, 1.54) is 17.7 Å². The number of hydrogen-bond donors (Lipinski definition) is 1. The Labute approximate surface area is 99.5 Å². The van der Waals surface area contributed by atoms with Gasteiger partial charge < -0.3 is 10.6 Å². The SMILES string of the molecule is CC(C)CC(C)N(C)c1ccc(CN)cc1. The molecule has 0 amide bonds. The van der Waals surface area contributed by atoms with E-state index in [0.717, 1.165) is 5.92 Å². The average molecular weight is 220 g/mol. The molecule has 0 aliphatic heterocycles. The van der Waals surface area contributed by atoms with Crippen LogP contribution in [-0.4, -0.2) is 13.1 Å². The summed E-state index contributed by atoms with van der Waals surface area (Å²) in [4.78, 5) is 2.33. The Morgan fingerprint density at radius 2 is 1.69 bits per heavy atom. The largest absolute Gasteiger partial charge is 0.372 e. The molecular formula is C14H24N2. The third-order valence-electron chi connectivity index (χ3n) is 3.05. The van der Waals surface area contributed by atoms with E-state index in [2.05, 4.69) is 57.0 Å². The lowest BCUT2D eigenvalue weighted by Gasteiger charge is -2.28. The Bertz CT molecular complexity index is 303. The van der Waals surface area contributed by atoms with E-state index in [1.54, 1.807) is 0 Å². The first-order valence-electron chi connectivity index (χ1n) is 6.06. The fourth-order valence-corrected chi connectivity index (χ4v) is 1.96. The van der Waals surface area contributed by atoms with Gasteiger partial charge in [0.2, 0.25) is 0 Å². The molecular weight excluding hydrogens is 196 g/mol. The molecule has 1 aromatic carbocycles. The van der Waals surface area contributed by atoms with Crippen LogP contribution in [0.3, 0.4) is 0 Å². The van der Waals surface area contributed by atoms with Gasteiger partial charge in [0.25, 0.3) is 0 Å². The molecule has 90 valence electrons. The summed E-state index contributed by atoms with van der Waals surface area (Å²) in [6, 6.07) is 9.09. The monoisotopic (exact) mass is 220 g/mol. The highest BCUT2D eigenvalue weighted by Crippen LogP contribution is 2.19. The van der Waals surface area contributed by atoms with Crippen LogP contribution in [0, 0.1) is 5.92 Å². The predicted molar refractivity (Wildman–Crippen MR) is 71.7 cm³/mol. The zero-order valence-electron chi connectivity index (χ0n) is 10.9. The average Bonchev–Trinajstić information content (AvgIpc) is 2.27. The van der Waals surface area contributed by atoms with Gasteiger partial charge in [-0.2, -0.15) is 0 Å². The van der Waals surface area contributed by atoms with Gasteiger partial charge in [-0.25, -0.2) is 0 Å². The van der Waals surface area contributed by atoms with Gasteiger partial charge in [0.15, 0.2) is 0 Å². The van der Waals surface area contributed by atoms with E-state index >= 15 is 0 Å². The number of rotatable bonds is 5. The Kier molecular flexibility index (Phi) is 4.81. The molecule has 1 atom stereocenters. The molecule has 0 aliphatic carbocycles. The summed E-state index contributed by atoms with van der Waals surface area (Å²) in [5, 5.41) is 0. The summed E-state index contributed by atoms with van der Waals surface area (Å²) in [6.07, 6.45) is 1.22. The number of nitrogens with zero attached hydrogens (tertiary/aromatic N) is 1. The van der Waals surface area contributed by atoms with Crippen LogP contribution in [-0.2, 0) is 6.54 Å². The highest BCUT2D eigenvalue weighted by molar-refractivity contribution is 5.47. The summed E-state index contributed by atoms with van der Waals surface area (Å²) < 4.78 is 0. The molecule has 0 spiro atoms. The van der Waals surface area contributed by atoms with Crippen LogP contribution in [0.5, 0.6) is 0 Å². The second-order valence-electron chi connectivity index (χ2n) is 4.96. The van der Waals surface area contributed by atoms with E-state index in [9.17, 15) is 0 Å². The molecule has 0 saturated carbocycles. The van der Waals surface area contributed by atoms with Crippen LogP contribution in [0.4, 0.5) is 5.69 Å². The maximum Gasteiger partial charge on any atom is 0.0366 e. The summed E-state index contributed by atoms with van der Waals surface area (Å²) in [6.45, 7) is 7.42. The molecule has 0 radical (unpaired) electrons. The third-order valence-corrected chi connectivity index (χ3v) is 3.05. The molecule has 16 heavy (non-hydrogen) atoms. The molecule has 1 unspecified atom stereocenters. The van der Waals surface area contributed by atoms with E-state index in [1.807, 2.05) is 0 Å². The van der Waals surface area contributed by atoms with Crippen LogP contribution in [0.25, 0.3) is 0 Å². The van der Waals surface area contributed by atoms with Crippen molar-refractivity contribution in [1.29, 1.82) is 0 Å². The zero-order valence-corrected chi connectivity index (χ0v) is 10.9. The van der Waals surface area contributed by atoms with Crippen molar-refractivity contribution >= 4 is 5.69 Å². The summed E-state index contributed by atoms with van der Waals surface area (Å²) in [7, 11) is 2.16. The van der Waals surface area contributed by atoms with Crippen molar-refractivity contribution in [3.8, 4) is 0 Å². The number of nitrogens with two attached hydrogens (primary N) is 1. The Hall–Kier alpha value is -1.02. The third kappa shape index (κ3) is 3.53. The molecule has 2 N–H and O–H groups in total. The van der Waals surface area contributed by atoms with Crippen molar-refractivity contribution in [3.63, 3.8) is 0 Å². The molecule has 1 aromatic rings. The molecule has 0 heterocycles. The summed E-state index contributed by atoms with van der Waals surface area (Å²) in [5.74, 6) is 0.737. The maximum atomic E-state index is 5.59. The van der Waals surface area contributed by atoms with Crippen LogP contribution >= 0.6 is 0 Å².